The molecule has 2 heterocycles. The molecular weight excluding hydrogens is 375 g/mol. The number of halogens is 3. The summed E-state index contributed by atoms with van der Waals surface area (Å²) in [6.07, 6.45) is -1.44. The van der Waals surface area contributed by atoms with Gasteiger partial charge in [0.25, 0.3) is 0 Å². The standard InChI is InChI=1S/C19H20F3N3O3/c1-2-4-11-7-15-16(28-10-27-15)8-13(11)23-17(26)9-25-14-6-3-5-12(14)18(24-25)19(20,21)22/h7-8H,2-6,9-10H2,1H3,(H,23,26). The summed E-state index contributed by atoms with van der Waals surface area (Å²) in [5.41, 5.74) is 1.32. The van der Waals surface area contributed by atoms with E-state index < -0.39 is 17.8 Å². The van der Waals surface area contributed by atoms with E-state index in [-0.39, 0.29) is 18.9 Å². The predicted molar refractivity (Wildman–Crippen MR) is 94.4 cm³/mol. The largest absolute Gasteiger partial charge is 0.454 e. The smallest absolute Gasteiger partial charge is 0.435 e. The molecule has 1 amide bonds. The number of fused-ring (bicyclic) bond motifs is 2. The van der Waals surface area contributed by atoms with Gasteiger partial charge in [-0.05, 0) is 37.3 Å². The van der Waals surface area contributed by atoms with E-state index in [0.29, 0.717) is 42.1 Å². The number of alkyl halides is 3. The molecule has 0 saturated heterocycles. The predicted octanol–water partition coefficient (Wildman–Crippen LogP) is 3.71. The van der Waals surface area contributed by atoms with Crippen molar-refractivity contribution < 1.29 is 27.4 Å². The van der Waals surface area contributed by atoms with Gasteiger partial charge in [0.1, 0.15) is 6.54 Å². The summed E-state index contributed by atoms with van der Waals surface area (Å²) in [5.74, 6) is 0.734. The second-order valence-electron chi connectivity index (χ2n) is 6.94. The molecule has 2 aromatic rings. The Kier molecular flexibility index (Phi) is 4.68. The fraction of sp³-hybridized carbons (Fsp3) is 0.474. The van der Waals surface area contributed by atoms with E-state index in [9.17, 15) is 18.0 Å². The number of anilines is 1. The highest BCUT2D eigenvalue weighted by Crippen LogP contribution is 2.38. The third kappa shape index (κ3) is 3.41. The van der Waals surface area contributed by atoms with E-state index in [1.807, 2.05) is 13.0 Å². The number of carbonyl (C=O) groups excluding carboxylic acids is 1. The first-order valence-electron chi connectivity index (χ1n) is 9.25. The van der Waals surface area contributed by atoms with E-state index in [1.165, 1.54) is 4.68 Å². The Bertz CT molecular complexity index is 921. The van der Waals surface area contributed by atoms with Gasteiger partial charge in [0.2, 0.25) is 12.7 Å². The molecule has 6 nitrogen and oxygen atoms in total. The van der Waals surface area contributed by atoms with E-state index in [4.69, 9.17) is 9.47 Å². The fourth-order valence-electron chi connectivity index (χ4n) is 3.77. The van der Waals surface area contributed by atoms with Crippen molar-refractivity contribution in [2.45, 2.75) is 51.7 Å². The van der Waals surface area contributed by atoms with Crippen LogP contribution in [0.15, 0.2) is 12.1 Å². The lowest BCUT2D eigenvalue weighted by atomic mass is 10.1. The third-order valence-electron chi connectivity index (χ3n) is 4.96. The molecule has 1 aromatic carbocycles. The number of ether oxygens (including phenoxy) is 2. The number of nitrogens with one attached hydrogen (secondary N) is 1. The van der Waals surface area contributed by atoms with Gasteiger partial charge >= 0.3 is 6.18 Å². The van der Waals surface area contributed by atoms with Crippen molar-refractivity contribution in [1.29, 1.82) is 0 Å². The molecule has 4 rings (SSSR count). The minimum atomic E-state index is -4.51. The first kappa shape index (κ1) is 18.6. The van der Waals surface area contributed by atoms with Crippen molar-refractivity contribution in [2.75, 3.05) is 12.1 Å². The van der Waals surface area contributed by atoms with E-state index in [0.717, 1.165) is 18.4 Å². The van der Waals surface area contributed by atoms with Gasteiger partial charge in [-0.1, -0.05) is 13.3 Å². The molecule has 28 heavy (non-hydrogen) atoms. The minimum absolute atomic E-state index is 0.123. The lowest BCUT2D eigenvalue weighted by molar-refractivity contribution is -0.142. The number of benzene rings is 1. The molecule has 1 aliphatic heterocycles. The van der Waals surface area contributed by atoms with Gasteiger partial charge in [-0.15, -0.1) is 0 Å². The highest BCUT2D eigenvalue weighted by Gasteiger charge is 2.40. The monoisotopic (exact) mass is 395 g/mol. The van der Waals surface area contributed by atoms with Gasteiger partial charge in [0.05, 0.1) is 0 Å². The highest BCUT2D eigenvalue weighted by molar-refractivity contribution is 5.92. The van der Waals surface area contributed by atoms with Crippen LogP contribution in [0.2, 0.25) is 0 Å². The zero-order valence-electron chi connectivity index (χ0n) is 15.4. The first-order chi connectivity index (χ1) is 13.4. The molecule has 1 aromatic heterocycles. The molecule has 0 bridgehead atoms. The average molecular weight is 395 g/mol. The molecule has 0 atom stereocenters. The number of aromatic nitrogens is 2. The molecule has 0 spiro atoms. The number of carbonyl (C=O) groups is 1. The molecule has 9 heteroatoms. The van der Waals surface area contributed by atoms with Crippen LogP contribution in [0.3, 0.4) is 0 Å². The maximum absolute atomic E-state index is 13.2. The third-order valence-corrected chi connectivity index (χ3v) is 4.96. The molecule has 0 unspecified atom stereocenters. The summed E-state index contributed by atoms with van der Waals surface area (Å²) in [5, 5.41) is 6.48. The molecule has 0 saturated carbocycles. The normalized spacial score (nSPS) is 15.0. The van der Waals surface area contributed by atoms with Crippen LogP contribution in [0.4, 0.5) is 18.9 Å². The number of hydrogen-bond donors (Lipinski definition) is 1. The molecule has 2 aliphatic rings. The van der Waals surface area contributed by atoms with Crippen LogP contribution in [-0.4, -0.2) is 22.5 Å². The summed E-state index contributed by atoms with van der Waals surface area (Å²) in [4.78, 5) is 12.6. The van der Waals surface area contributed by atoms with Gasteiger partial charge in [0.15, 0.2) is 17.2 Å². The molecule has 1 aliphatic carbocycles. The van der Waals surface area contributed by atoms with Gasteiger partial charge < -0.3 is 14.8 Å². The van der Waals surface area contributed by atoms with E-state index >= 15 is 0 Å². The average Bonchev–Trinajstić information content (AvgIpc) is 3.31. The summed E-state index contributed by atoms with van der Waals surface area (Å²) < 4.78 is 51.5. The van der Waals surface area contributed by atoms with Gasteiger partial charge in [0, 0.05) is 23.0 Å². The Morgan fingerprint density at radius 2 is 2.00 bits per heavy atom. The van der Waals surface area contributed by atoms with Crippen molar-refractivity contribution in [3.05, 3.63) is 34.6 Å². The number of aryl methyl sites for hydroxylation is 1. The Hall–Kier alpha value is -2.71. The quantitative estimate of drug-likeness (QED) is 0.838. The minimum Gasteiger partial charge on any atom is -0.454 e. The van der Waals surface area contributed by atoms with Crippen LogP contribution in [0.25, 0.3) is 0 Å². The fourth-order valence-corrected chi connectivity index (χ4v) is 3.77. The first-order valence-corrected chi connectivity index (χ1v) is 9.25. The van der Waals surface area contributed by atoms with Crippen molar-refractivity contribution in [3.63, 3.8) is 0 Å². The topological polar surface area (TPSA) is 65.4 Å². The van der Waals surface area contributed by atoms with Gasteiger partial charge in [-0.3, -0.25) is 9.48 Å². The summed E-state index contributed by atoms with van der Waals surface area (Å²) in [6.45, 7) is 1.87. The van der Waals surface area contributed by atoms with E-state index in [1.54, 1.807) is 6.07 Å². The lowest BCUT2D eigenvalue weighted by Crippen LogP contribution is -2.22. The second kappa shape index (κ2) is 7.03. The van der Waals surface area contributed by atoms with Crippen molar-refractivity contribution in [1.82, 2.24) is 9.78 Å². The lowest BCUT2D eigenvalue weighted by Gasteiger charge is -2.13. The van der Waals surface area contributed by atoms with Crippen LogP contribution in [0.1, 0.15) is 42.3 Å². The number of hydrogen-bond acceptors (Lipinski definition) is 4. The van der Waals surface area contributed by atoms with Crippen molar-refractivity contribution >= 4 is 11.6 Å². The Labute approximate surface area is 159 Å². The Morgan fingerprint density at radius 1 is 1.25 bits per heavy atom. The molecule has 0 fully saturated rings. The summed E-state index contributed by atoms with van der Waals surface area (Å²) >= 11 is 0. The second-order valence-corrected chi connectivity index (χ2v) is 6.94. The van der Waals surface area contributed by atoms with Crippen molar-refractivity contribution in [2.24, 2.45) is 0 Å². The van der Waals surface area contributed by atoms with E-state index in [2.05, 4.69) is 10.4 Å². The van der Waals surface area contributed by atoms with Crippen LogP contribution in [0.5, 0.6) is 11.5 Å². The van der Waals surface area contributed by atoms with Crippen LogP contribution < -0.4 is 14.8 Å². The SMILES string of the molecule is CCCc1cc2c(cc1NC(=O)Cn1nc(C(F)(F)F)c3c1CCC3)OCO2. The number of rotatable bonds is 5. The maximum Gasteiger partial charge on any atom is 0.435 e. The zero-order valence-corrected chi connectivity index (χ0v) is 15.4. The van der Waals surface area contributed by atoms with Gasteiger partial charge in [-0.25, -0.2) is 0 Å². The zero-order chi connectivity index (χ0) is 19.9. The molecular formula is C19H20F3N3O3. The molecule has 150 valence electrons. The maximum atomic E-state index is 13.2. The summed E-state index contributed by atoms with van der Waals surface area (Å²) in [6, 6.07) is 3.52. The number of amides is 1. The number of nitrogens with zero attached hydrogens (tertiary/aromatic N) is 2. The van der Waals surface area contributed by atoms with Crippen LogP contribution in [-0.2, 0) is 36.8 Å². The Balaban J connectivity index is 1.56. The molecule has 1 N–H and O–H groups in total. The van der Waals surface area contributed by atoms with Gasteiger partial charge in [-0.2, -0.15) is 18.3 Å². The molecule has 0 radical (unpaired) electrons. The van der Waals surface area contributed by atoms with Crippen LogP contribution in [0, 0.1) is 0 Å². The Morgan fingerprint density at radius 3 is 2.71 bits per heavy atom. The van der Waals surface area contributed by atoms with Crippen LogP contribution >= 0.6 is 0 Å². The summed E-state index contributed by atoms with van der Waals surface area (Å²) in [7, 11) is 0. The highest BCUT2D eigenvalue weighted by atomic mass is 19.4. The van der Waals surface area contributed by atoms with Crippen molar-refractivity contribution in [3.8, 4) is 11.5 Å².